The van der Waals surface area contributed by atoms with E-state index in [2.05, 4.69) is 40.6 Å². The van der Waals surface area contributed by atoms with Gasteiger partial charge in [-0.25, -0.2) is 8.78 Å². The smallest absolute Gasteiger partial charge is 0.234 e. The van der Waals surface area contributed by atoms with E-state index in [1.165, 1.54) is 12.1 Å². The molecule has 0 spiro atoms. The van der Waals surface area contributed by atoms with Crippen molar-refractivity contribution >= 4 is 0 Å². The fourth-order valence-corrected chi connectivity index (χ4v) is 4.17. The van der Waals surface area contributed by atoms with Crippen LogP contribution in [0.3, 0.4) is 0 Å². The molecule has 0 aliphatic heterocycles. The molecule has 1 radical (unpaired) electrons. The lowest BCUT2D eigenvalue weighted by Gasteiger charge is -2.15. The number of hydrogen-bond acceptors (Lipinski definition) is 4. The van der Waals surface area contributed by atoms with E-state index in [4.69, 9.17) is 4.52 Å². The van der Waals surface area contributed by atoms with E-state index in [1.807, 2.05) is 38.1 Å². The van der Waals surface area contributed by atoms with E-state index >= 15 is 0 Å². The zero-order valence-electron chi connectivity index (χ0n) is 19.4. The van der Waals surface area contributed by atoms with Crippen molar-refractivity contribution in [2.75, 3.05) is 6.54 Å². The van der Waals surface area contributed by atoms with E-state index < -0.39 is 17.6 Å². The van der Waals surface area contributed by atoms with Crippen molar-refractivity contribution in [2.24, 2.45) is 0 Å². The van der Waals surface area contributed by atoms with Gasteiger partial charge < -0.3 is 9.84 Å². The van der Waals surface area contributed by atoms with E-state index in [-0.39, 0.29) is 0 Å². The number of halogens is 2. The number of benzene rings is 3. The van der Waals surface area contributed by atoms with Crippen LogP contribution < -0.4 is 5.32 Å². The molecule has 0 bridgehead atoms. The Labute approximate surface area is 199 Å². The van der Waals surface area contributed by atoms with Gasteiger partial charge >= 0.3 is 0 Å². The van der Waals surface area contributed by atoms with Crippen LogP contribution in [-0.2, 0) is 13.0 Å². The van der Waals surface area contributed by atoms with Crippen molar-refractivity contribution in [1.29, 1.82) is 0 Å². The van der Waals surface area contributed by atoms with Gasteiger partial charge in [-0.1, -0.05) is 65.7 Å². The van der Waals surface area contributed by atoms with Gasteiger partial charge in [-0.05, 0) is 62.1 Å². The highest BCUT2D eigenvalue weighted by molar-refractivity contribution is 5.55. The third kappa shape index (κ3) is 5.94. The summed E-state index contributed by atoms with van der Waals surface area (Å²) in [6, 6.07) is 17.6. The Morgan fingerprint density at radius 3 is 2.24 bits per heavy atom. The molecular weight excluding hydrogens is 432 g/mol. The van der Waals surface area contributed by atoms with Crippen molar-refractivity contribution in [3.05, 3.63) is 113 Å². The second-order valence-electron chi connectivity index (χ2n) is 8.64. The third-order valence-electron chi connectivity index (χ3n) is 5.64. The Hall–Kier alpha value is -3.38. The number of rotatable bonds is 9. The van der Waals surface area contributed by atoms with E-state index in [0.29, 0.717) is 23.7 Å². The van der Waals surface area contributed by atoms with Crippen molar-refractivity contribution in [3.63, 3.8) is 0 Å². The van der Waals surface area contributed by atoms with Crippen LogP contribution in [0.1, 0.15) is 46.0 Å². The molecule has 0 saturated carbocycles. The number of aromatic nitrogens is 2. The molecular formula is C28H28F2N3O. The SMILES string of the molecule is [CH2]CCNCc1ccc(-c2noc([C@H](Cc3cc(C)cc(C)c3)c3cc(F)cc(F)c3)n2)cc1. The molecule has 6 heteroatoms. The monoisotopic (exact) mass is 460 g/mol. The zero-order valence-corrected chi connectivity index (χ0v) is 19.4. The van der Waals surface area contributed by atoms with Crippen molar-refractivity contribution in [2.45, 2.75) is 39.2 Å². The van der Waals surface area contributed by atoms with E-state index in [1.54, 1.807) is 0 Å². The first kappa shape index (κ1) is 23.8. The quantitative estimate of drug-likeness (QED) is 0.297. The van der Waals surface area contributed by atoms with E-state index in [9.17, 15) is 8.78 Å². The molecule has 0 unspecified atom stereocenters. The van der Waals surface area contributed by atoms with Crippen LogP contribution >= 0.6 is 0 Å². The molecule has 1 atom stereocenters. The van der Waals surface area contributed by atoms with E-state index in [0.717, 1.165) is 53.4 Å². The summed E-state index contributed by atoms with van der Waals surface area (Å²) in [6.45, 7) is 9.49. The minimum atomic E-state index is -0.636. The summed E-state index contributed by atoms with van der Waals surface area (Å²) in [5.74, 6) is -1.000. The number of nitrogens with one attached hydrogen (secondary N) is 1. The molecule has 1 aromatic heterocycles. The first-order valence-corrected chi connectivity index (χ1v) is 11.4. The Morgan fingerprint density at radius 2 is 1.59 bits per heavy atom. The lowest BCUT2D eigenvalue weighted by Crippen LogP contribution is -2.13. The molecule has 1 N–H and O–H groups in total. The lowest BCUT2D eigenvalue weighted by atomic mass is 9.90. The van der Waals surface area contributed by atoms with Crippen molar-refractivity contribution in [1.82, 2.24) is 15.5 Å². The van der Waals surface area contributed by atoms with Crippen LogP contribution in [0.25, 0.3) is 11.4 Å². The topological polar surface area (TPSA) is 51.0 Å². The van der Waals surface area contributed by atoms with Crippen LogP contribution in [0, 0.1) is 32.4 Å². The highest BCUT2D eigenvalue weighted by Gasteiger charge is 2.24. The summed E-state index contributed by atoms with van der Waals surface area (Å²) in [4.78, 5) is 4.62. The summed E-state index contributed by atoms with van der Waals surface area (Å²) in [7, 11) is 0. The maximum absolute atomic E-state index is 14.1. The molecule has 4 nitrogen and oxygen atoms in total. The second kappa shape index (κ2) is 10.7. The Kier molecular flexibility index (Phi) is 7.48. The molecule has 0 aliphatic rings. The average Bonchev–Trinajstić information content (AvgIpc) is 3.27. The first-order chi connectivity index (χ1) is 16.4. The minimum absolute atomic E-state index is 0.320. The van der Waals surface area contributed by atoms with Gasteiger partial charge in [0, 0.05) is 18.2 Å². The van der Waals surface area contributed by atoms with Gasteiger partial charge in [-0.3, -0.25) is 0 Å². The molecule has 0 fully saturated rings. The normalized spacial score (nSPS) is 12.1. The summed E-state index contributed by atoms with van der Waals surface area (Å²) in [5, 5.41) is 7.48. The predicted octanol–water partition coefficient (Wildman–Crippen LogP) is 6.32. The summed E-state index contributed by atoms with van der Waals surface area (Å²) >= 11 is 0. The van der Waals surface area contributed by atoms with Crippen LogP contribution in [0.4, 0.5) is 8.78 Å². The van der Waals surface area contributed by atoms with Gasteiger partial charge in [-0.15, -0.1) is 0 Å². The zero-order chi connectivity index (χ0) is 24.1. The highest BCUT2D eigenvalue weighted by atomic mass is 19.1. The third-order valence-corrected chi connectivity index (χ3v) is 5.64. The van der Waals surface area contributed by atoms with Gasteiger partial charge in [0.25, 0.3) is 0 Å². The maximum atomic E-state index is 14.1. The Balaban J connectivity index is 1.64. The standard InChI is InChI=1S/C28H28F2N3O/c1-4-9-31-17-20-5-7-22(8-6-20)27-32-28(34-33-27)26(23-14-24(29)16-25(30)15-23)13-21-11-18(2)10-19(3)12-21/h5-8,10-12,14-16,26,31H,1,4,9,13,17H2,2-3H3/t26-/m1/s1. The van der Waals surface area contributed by atoms with Gasteiger partial charge in [0.15, 0.2) is 0 Å². The average molecular weight is 461 g/mol. The molecule has 0 aliphatic carbocycles. The lowest BCUT2D eigenvalue weighted by molar-refractivity contribution is 0.364. The molecule has 34 heavy (non-hydrogen) atoms. The molecule has 1 heterocycles. The molecule has 175 valence electrons. The number of aryl methyl sites for hydroxylation is 2. The fraction of sp³-hybridized carbons (Fsp3) is 0.250. The fourth-order valence-electron chi connectivity index (χ4n) is 4.17. The Bertz CT molecular complexity index is 1210. The molecule has 4 aromatic rings. The van der Waals surface area contributed by atoms with Gasteiger partial charge in [0.1, 0.15) is 11.6 Å². The predicted molar refractivity (Wildman–Crippen MR) is 129 cm³/mol. The molecule has 3 aromatic carbocycles. The highest BCUT2D eigenvalue weighted by Crippen LogP contribution is 2.31. The molecule has 0 saturated heterocycles. The van der Waals surface area contributed by atoms with Crippen LogP contribution in [-0.4, -0.2) is 16.7 Å². The minimum Gasteiger partial charge on any atom is -0.338 e. The second-order valence-corrected chi connectivity index (χ2v) is 8.64. The number of hydrogen-bond donors (Lipinski definition) is 1. The maximum Gasteiger partial charge on any atom is 0.234 e. The summed E-state index contributed by atoms with van der Waals surface area (Å²) < 4.78 is 33.8. The van der Waals surface area contributed by atoms with Crippen LogP contribution in [0.15, 0.2) is 65.2 Å². The summed E-state index contributed by atoms with van der Waals surface area (Å²) in [6.07, 6.45) is 1.31. The van der Waals surface area contributed by atoms with Gasteiger partial charge in [0.05, 0.1) is 5.92 Å². The van der Waals surface area contributed by atoms with Gasteiger partial charge in [-0.2, -0.15) is 4.98 Å². The number of nitrogens with zero attached hydrogens (tertiary/aromatic N) is 2. The van der Waals surface area contributed by atoms with Gasteiger partial charge in [0.2, 0.25) is 11.7 Å². The molecule has 0 amide bonds. The van der Waals surface area contributed by atoms with Crippen LogP contribution in [0.2, 0.25) is 0 Å². The Morgan fingerprint density at radius 1 is 0.912 bits per heavy atom. The molecule has 4 rings (SSSR count). The largest absolute Gasteiger partial charge is 0.338 e. The van der Waals surface area contributed by atoms with Crippen LogP contribution in [0.5, 0.6) is 0 Å². The summed E-state index contributed by atoms with van der Waals surface area (Å²) in [5.41, 5.74) is 5.69. The van der Waals surface area contributed by atoms with Crippen molar-refractivity contribution in [3.8, 4) is 11.4 Å². The van der Waals surface area contributed by atoms with Crippen molar-refractivity contribution < 1.29 is 13.3 Å². The first-order valence-electron chi connectivity index (χ1n) is 11.4.